The third-order valence-corrected chi connectivity index (χ3v) is 3.15. The summed E-state index contributed by atoms with van der Waals surface area (Å²) < 4.78 is 5.54. The molecule has 9 heavy (non-hydrogen) atoms. The summed E-state index contributed by atoms with van der Waals surface area (Å²) in [5.41, 5.74) is 1.14. The number of hydrogen-bond donors (Lipinski definition) is 0. The van der Waals surface area contributed by atoms with E-state index in [9.17, 15) is 0 Å². The zero-order valence-corrected chi connectivity index (χ0v) is 6.32. The Morgan fingerprint density at radius 2 is 2.22 bits per heavy atom. The van der Waals surface area contributed by atoms with Crippen LogP contribution in [0.3, 0.4) is 0 Å². The van der Waals surface area contributed by atoms with Gasteiger partial charge in [-0.1, -0.05) is 23.1 Å². The Morgan fingerprint density at radius 3 is 3.11 bits per heavy atom. The van der Waals surface area contributed by atoms with E-state index in [0.29, 0.717) is 0 Å². The van der Waals surface area contributed by atoms with Gasteiger partial charge in [0.15, 0.2) is 0 Å². The highest BCUT2D eigenvalue weighted by atomic mass is 32.5. The number of rotatable bonds is 0. The van der Waals surface area contributed by atoms with E-state index in [-0.39, 0.29) is 0 Å². The van der Waals surface area contributed by atoms with Crippen molar-refractivity contribution >= 4 is 28.7 Å². The van der Waals surface area contributed by atoms with Crippen molar-refractivity contribution in [2.75, 3.05) is 0 Å². The predicted molar refractivity (Wildman–Crippen MR) is 42.1 cm³/mol. The first-order chi connectivity index (χ1) is 4.47. The third-order valence-electron chi connectivity index (χ3n) is 1.15. The van der Waals surface area contributed by atoms with E-state index in [1.54, 1.807) is 10.9 Å². The number of aromatic nitrogens is 1. The fourth-order valence-corrected chi connectivity index (χ4v) is 2.64. The number of benzene rings is 1. The Hall–Kier alpha value is -0.460. The van der Waals surface area contributed by atoms with Gasteiger partial charge in [-0.25, -0.2) is 4.75 Å². The van der Waals surface area contributed by atoms with Crippen molar-refractivity contribution < 1.29 is 0 Å². The van der Waals surface area contributed by atoms with Gasteiger partial charge < -0.3 is 0 Å². The summed E-state index contributed by atoms with van der Waals surface area (Å²) >= 11 is 0. The van der Waals surface area contributed by atoms with Crippen molar-refractivity contribution in [1.29, 1.82) is 0 Å². The van der Waals surface area contributed by atoms with Crippen LogP contribution in [0.5, 0.6) is 0 Å². The second-order valence-corrected chi connectivity index (χ2v) is 3.76. The maximum Gasteiger partial charge on any atom is 0.105 e. The quantitative estimate of drug-likeness (QED) is 0.567. The maximum atomic E-state index is 4.23. The molecule has 0 aliphatic rings. The van der Waals surface area contributed by atoms with Crippen LogP contribution in [0.4, 0.5) is 0 Å². The zero-order valence-electron chi connectivity index (χ0n) is 4.61. The fraction of sp³-hybridized carbons (Fsp3) is 0. The molecule has 1 nitrogen and oxygen atoms in total. The summed E-state index contributed by atoms with van der Waals surface area (Å²) in [5, 5.41) is 0. The lowest BCUT2D eigenvalue weighted by Gasteiger charge is -1.79. The first kappa shape index (κ1) is 5.33. The molecule has 3 heteroatoms. The molecule has 0 atom stereocenters. The number of nitrogens with zero attached hydrogens (tertiary/aromatic N) is 1. The van der Waals surface area contributed by atoms with Gasteiger partial charge in [-0.05, 0) is 12.1 Å². The second kappa shape index (κ2) is 2.05. The summed E-state index contributed by atoms with van der Waals surface area (Å²) in [6.45, 7) is 0. The summed E-state index contributed by atoms with van der Waals surface area (Å²) in [7, 11) is 2.89. The monoisotopic (exact) mass is 153 g/mol. The lowest BCUT2D eigenvalue weighted by Crippen LogP contribution is -1.60. The van der Waals surface area contributed by atoms with Gasteiger partial charge in [0.25, 0.3) is 0 Å². The Balaban J connectivity index is 2.95. The van der Waals surface area contributed by atoms with E-state index in [1.165, 1.54) is 4.70 Å². The highest BCUT2D eigenvalue weighted by Gasteiger charge is 1.90. The number of fused-ring (bicyclic) bond motifs is 1. The van der Waals surface area contributed by atoms with Crippen molar-refractivity contribution in [3.05, 3.63) is 24.3 Å². The Bertz CT molecular complexity index is 287. The van der Waals surface area contributed by atoms with E-state index in [4.69, 9.17) is 0 Å². The molecule has 0 radical (unpaired) electrons. The molecule has 0 fully saturated rings. The highest BCUT2D eigenvalue weighted by molar-refractivity contribution is 7.80. The SMILES string of the molecule is c1ccc2spnc2c1. The van der Waals surface area contributed by atoms with E-state index in [2.05, 4.69) is 10.8 Å². The van der Waals surface area contributed by atoms with Gasteiger partial charge in [-0.2, -0.15) is 0 Å². The molecule has 1 heterocycles. The van der Waals surface area contributed by atoms with Crippen molar-refractivity contribution in [2.45, 2.75) is 0 Å². The Labute approximate surface area is 58.3 Å². The van der Waals surface area contributed by atoms with Crippen LogP contribution in [0.25, 0.3) is 10.2 Å². The minimum Gasteiger partial charge on any atom is -0.215 e. The van der Waals surface area contributed by atoms with E-state index in [0.717, 1.165) is 13.0 Å². The molecule has 44 valence electrons. The van der Waals surface area contributed by atoms with Crippen LogP contribution < -0.4 is 0 Å². The predicted octanol–water partition coefficient (Wildman–Crippen LogP) is 2.88. The summed E-state index contributed by atoms with van der Waals surface area (Å²) in [5.74, 6) is 0. The Kier molecular flexibility index (Phi) is 1.22. The molecule has 0 saturated heterocycles. The summed E-state index contributed by atoms with van der Waals surface area (Å²) in [6, 6.07) is 8.21. The topological polar surface area (TPSA) is 12.9 Å². The van der Waals surface area contributed by atoms with E-state index < -0.39 is 0 Å². The Morgan fingerprint density at radius 1 is 1.33 bits per heavy atom. The normalized spacial score (nSPS) is 11.1. The minimum absolute atomic E-state index is 1.12. The van der Waals surface area contributed by atoms with Crippen LogP contribution in [-0.4, -0.2) is 4.75 Å². The average Bonchev–Trinajstić information content (AvgIpc) is 2.33. The van der Waals surface area contributed by atoms with Crippen LogP contribution in [0, 0.1) is 0 Å². The summed E-state index contributed by atoms with van der Waals surface area (Å²) in [4.78, 5) is 0. The molecular formula is C6H4NPS. The summed E-state index contributed by atoms with van der Waals surface area (Å²) in [6.07, 6.45) is 0. The molecule has 0 aliphatic heterocycles. The van der Waals surface area contributed by atoms with Gasteiger partial charge in [0.05, 0.1) is 10.2 Å². The molecule has 0 amide bonds. The molecule has 2 aromatic rings. The lowest BCUT2D eigenvalue weighted by molar-refractivity contribution is 1.67. The molecule has 1 aromatic heterocycles. The average molecular weight is 153 g/mol. The molecule has 0 spiro atoms. The van der Waals surface area contributed by atoms with Crippen LogP contribution >= 0.6 is 18.5 Å². The van der Waals surface area contributed by atoms with E-state index >= 15 is 0 Å². The lowest BCUT2D eigenvalue weighted by atomic mass is 10.3. The van der Waals surface area contributed by atoms with Gasteiger partial charge in [0.2, 0.25) is 0 Å². The standard InChI is InChI=1S/C6H4NPS/c1-2-4-6-5(3-1)7-8-9-6/h1-4H. The third kappa shape index (κ3) is 0.846. The zero-order chi connectivity index (χ0) is 6.10. The highest BCUT2D eigenvalue weighted by Crippen LogP contribution is 2.23. The van der Waals surface area contributed by atoms with Crippen molar-refractivity contribution in [3.63, 3.8) is 0 Å². The maximum absolute atomic E-state index is 4.23. The molecular weight excluding hydrogens is 149 g/mol. The molecule has 0 aliphatic carbocycles. The first-order valence-corrected chi connectivity index (χ1v) is 4.91. The fourth-order valence-electron chi connectivity index (χ4n) is 0.725. The first-order valence-electron chi connectivity index (χ1n) is 2.64. The van der Waals surface area contributed by atoms with Crippen LogP contribution in [-0.2, 0) is 0 Å². The minimum atomic E-state index is 1.12. The van der Waals surface area contributed by atoms with E-state index in [1.807, 2.05) is 18.2 Å². The van der Waals surface area contributed by atoms with Crippen molar-refractivity contribution in [3.8, 4) is 0 Å². The molecule has 0 bridgehead atoms. The van der Waals surface area contributed by atoms with Crippen molar-refractivity contribution in [2.24, 2.45) is 0 Å². The second-order valence-electron chi connectivity index (χ2n) is 1.74. The van der Waals surface area contributed by atoms with Gasteiger partial charge >= 0.3 is 0 Å². The largest absolute Gasteiger partial charge is 0.215 e. The van der Waals surface area contributed by atoms with Gasteiger partial charge in [-0.3, -0.25) is 0 Å². The molecule has 2 rings (SSSR count). The van der Waals surface area contributed by atoms with Crippen LogP contribution in [0.2, 0.25) is 0 Å². The van der Waals surface area contributed by atoms with Crippen LogP contribution in [0.1, 0.15) is 0 Å². The van der Waals surface area contributed by atoms with Gasteiger partial charge in [0, 0.05) is 0 Å². The van der Waals surface area contributed by atoms with Gasteiger partial charge in [0.1, 0.15) is 7.53 Å². The smallest absolute Gasteiger partial charge is 0.105 e. The molecule has 0 saturated carbocycles. The molecule has 0 N–H and O–H groups in total. The molecule has 1 aromatic carbocycles. The van der Waals surface area contributed by atoms with Crippen molar-refractivity contribution in [1.82, 2.24) is 4.75 Å². The number of hydrogen-bond acceptors (Lipinski definition) is 2. The van der Waals surface area contributed by atoms with Crippen LogP contribution in [0.15, 0.2) is 24.3 Å². The molecule has 0 unspecified atom stereocenters. The van der Waals surface area contributed by atoms with Gasteiger partial charge in [-0.15, -0.1) is 0 Å².